The average Bonchev–Trinajstić information content (AvgIpc) is 3.02. The lowest BCUT2D eigenvalue weighted by atomic mass is 10.0. The van der Waals surface area contributed by atoms with Crippen molar-refractivity contribution in [2.75, 3.05) is 43.1 Å². The molecule has 0 radical (unpaired) electrons. The van der Waals surface area contributed by atoms with Crippen LogP contribution < -0.4 is 10.2 Å². The lowest BCUT2D eigenvalue weighted by Gasteiger charge is -2.29. The number of amidine groups is 1. The van der Waals surface area contributed by atoms with E-state index in [1.807, 2.05) is 12.3 Å². The molecule has 0 unspecified atom stereocenters. The molecule has 0 bridgehead atoms. The van der Waals surface area contributed by atoms with Gasteiger partial charge in [-0.15, -0.1) is 0 Å². The van der Waals surface area contributed by atoms with Gasteiger partial charge in [-0.05, 0) is 60.4 Å². The highest BCUT2D eigenvalue weighted by atomic mass is 16.5. The van der Waals surface area contributed by atoms with E-state index in [4.69, 9.17) is 9.73 Å². The quantitative estimate of drug-likeness (QED) is 0.711. The number of ether oxygens (including phenoxy) is 1. The van der Waals surface area contributed by atoms with Gasteiger partial charge < -0.3 is 15.0 Å². The molecule has 5 rings (SSSR count). The first-order chi connectivity index (χ1) is 14.9. The molecule has 0 saturated carbocycles. The number of pyridine rings is 1. The molecule has 1 aromatic heterocycles. The smallest absolute Gasteiger partial charge is 0.134 e. The standard InChI is InChI=1S/C25H26N4O/c1-5-19(20-6-2-8-22(18-20)29-13-15-30-16-14-29)17-21(7-1)28-25-23-9-3-11-26-24(23)10-4-12-27-25/h1-3,5-9,11,17-18H,4,10,12-16H2,(H,27,28). The Bertz CT molecular complexity index is 1060. The van der Waals surface area contributed by atoms with Gasteiger partial charge in [-0.3, -0.25) is 9.98 Å². The zero-order valence-electron chi connectivity index (χ0n) is 17.1. The summed E-state index contributed by atoms with van der Waals surface area (Å²) in [6.45, 7) is 4.29. The van der Waals surface area contributed by atoms with Gasteiger partial charge in [0.05, 0.1) is 18.9 Å². The maximum absolute atomic E-state index is 5.49. The van der Waals surface area contributed by atoms with Crippen LogP contribution in [0.3, 0.4) is 0 Å². The first kappa shape index (κ1) is 18.8. The number of hydrogen-bond donors (Lipinski definition) is 1. The summed E-state index contributed by atoms with van der Waals surface area (Å²) in [5.41, 5.74) is 6.93. The van der Waals surface area contributed by atoms with Gasteiger partial charge in [-0.2, -0.15) is 0 Å². The summed E-state index contributed by atoms with van der Waals surface area (Å²) >= 11 is 0. The van der Waals surface area contributed by atoms with Crippen molar-refractivity contribution in [2.24, 2.45) is 4.99 Å². The Morgan fingerprint density at radius 2 is 1.73 bits per heavy atom. The van der Waals surface area contributed by atoms with E-state index in [0.717, 1.165) is 68.5 Å². The normalized spacial score (nSPS) is 16.4. The number of fused-ring (bicyclic) bond motifs is 1. The molecular weight excluding hydrogens is 372 g/mol. The van der Waals surface area contributed by atoms with Crippen LogP contribution in [-0.4, -0.2) is 43.7 Å². The Kier molecular flexibility index (Phi) is 5.44. The van der Waals surface area contributed by atoms with E-state index in [9.17, 15) is 0 Å². The maximum atomic E-state index is 5.49. The Morgan fingerprint density at radius 1 is 0.900 bits per heavy atom. The molecule has 5 heteroatoms. The van der Waals surface area contributed by atoms with Crippen LogP contribution in [0.15, 0.2) is 71.9 Å². The van der Waals surface area contributed by atoms with Crippen LogP contribution in [-0.2, 0) is 11.2 Å². The number of rotatable bonds is 3. The number of nitrogens with one attached hydrogen (secondary N) is 1. The minimum absolute atomic E-state index is 0.794. The van der Waals surface area contributed by atoms with E-state index in [1.54, 1.807) is 0 Å². The van der Waals surface area contributed by atoms with E-state index < -0.39 is 0 Å². The van der Waals surface area contributed by atoms with Crippen LogP contribution >= 0.6 is 0 Å². The second-order valence-electron chi connectivity index (χ2n) is 7.69. The molecule has 1 fully saturated rings. The van der Waals surface area contributed by atoms with Crippen LogP contribution in [0.4, 0.5) is 11.4 Å². The summed E-state index contributed by atoms with van der Waals surface area (Å²) in [5.74, 6) is 0.912. The van der Waals surface area contributed by atoms with Gasteiger partial charge in [0.1, 0.15) is 5.84 Å². The van der Waals surface area contributed by atoms with E-state index >= 15 is 0 Å². The highest BCUT2D eigenvalue weighted by molar-refractivity contribution is 6.09. The summed E-state index contributed by atoms with van der Waals surface area (Å²) in [6.07, 6.45) is 3.87. The van der Waals surface area contributed by atoms with Gasteiger partial charge >= 0.3 is 0 Å². The Hall–Kier alpha value is -3.18. The number of nitrogens with zero attached hydrogens (tertiary/aromatic N) is 3. The number of aromatic nitrogens is 1. The van der Waals surface area contributed by atoms with Crippen molar-refractivity contribution in [3.05, 3.63) is 78.1 Å². The lowest BCUT2D eigenvalue weighted by Crippen LogP contribution is -2.36. The second kappa shape index (κ2) is 8.67. The van der Waals surface area contributed by atoms with Crippen LogP contribution in [0.2, 0.25) is 0 Å². The first-order valence-corrected chi connectivity index (χ1v) is 10.7. The summed E-state index contributed by atoms with van der Waals surface area (Å²) in [7, 11) is 0. The third-order valence-electron chi connectivity index (χ3n) is 5.67. The molecular formula is C25H26N4O. The third kappa shape index (κ3) is 4.07. The molecule has 30 heavy (non-hydrogen) atoms. The minimum atomic E-state index is 0.794. The number of aryl methyl sites for hydroxylation is 1. The molecule has 1 N–H and O–H groups in total. The highest BCUT2D eigenvalue weighted by Gasteiger charge is 2.15. The van der Waals surface area contributed by atoms with Gasteiger partial charge in [-0.1, -0.05) is 24.3 Å². The van der Waals surface area contributed by atoms with Crippen LogP contribution in [0, 0.1) is 0 Å². The van der Waals surface area contributed by atoms with E-state index in [1.165, 1.54) is 16.8 Å². The average molecular weight is 399 g/mol. The SMILES string of the molecule is c1cc(NC2=NCCCc3ncccc32)cc(-c2cccc(N3CCOCC3)c2)c1. The minimum Gasteiger partial charge on any atom is -0.378 e. The van der Waals surface area contributed by atoms with Gasteiger partial charge in [0, 0.05) is 42.8 Å². The number of aliphatic imine (C=N–C) groups is 1. The number of hydrogen-bond acceptors (Lipinski definition) is 5. The van der Waals surface area contributed by atoms with E-state index in [0.29, 0.717) is 0 Å². The molecule has 5 nitrogen and oxygen atoms in total. The molecule has 152 valence electrons. The summed E-state index contributed by atoms with van der Waals surface area (Å²) in [4.78, 5) is 11.7. The molecule has 3 aromatic rings. The van der Waals surface area contributed by atoms with Gasteiger partial charge in [0.15, 0.2) is 0 Å². The van der Waals surface area contributed by atoms with Crippen LogP contribution in [0.1, 0.15) is 17.7 Å². The van der Waals surface area contributed by atoms with E-state index in [-0.39, 0.29) is 0 Å². The molecule has 0 atom stereocenters. The zero-order valence-corrected chi connectivity index (χ0v) is 17.1. The summed E-state index contributed by atoms with van der Waals surface area (Å²) in [5, 5.41) is 3.55. The van der Waals surface area contributed by atoms with E-state index in [2.05, 4.69) is 69.8 Å². The van der Waals surface area contributed by atoms with Crippen molar-refractivity contribution in [1.29, 1.82) is 0 Å². The molecule has 0 spiro atoms. The molecule has 3 heterocycles. The molecule has 2 aliphatic rings. The number of benzene rings is 2. The Morgan fingerprint density at radius 3 is 2.63 bits per heavy atom. The summed E-state index contributed by atoms with van der Waals surface area (Å²) in [6, 6.07) is 21.4. The monoisotopic (exact) mass is 398 g/mol. The molecule has 1 saturated heterocycles. The van der Waals surface area contributed by atoms with Crippen molar-refractivity contribution in [1.82, 2.24) is 4.98 Å². The lowest BCUT2D eigenvalue weighted by molar-refractivity contribution is 0.122. The fourth-order valence-corrected chi connectivity index (χ4v) is 4.10. The van der Waals surface area contributed by atoms with Gasteiger partial charge in [0.2, 0.25) is 0 Å². The number of morpholine rings is 1. The molecule has 0 aliphatic carbocycles. The predicted octanol–water partition coefficient (Wildman–Crippen LogP) is 4.39. The van der Waals surface area contributed by atoms with Crippen molar-refractivity contribution in [3.8, 4) is 11.1 Å². The van der Waals surface area contributed by atoms with Crippen molar-refractivity contribution < 1.29 is 4.74 Å². The van der Waals surface area contributed by atoms with Crippen LogP contribution in [0.5, 0.6) is 0 Å². The fourth-order valence-electron chi connectivity index (χ4n) is 4.10. The summed E-state index contributed by atoms with van der Waals surface area (Å²) < 4.78 is 5.49. The second-order valence-corrected chi connectivity index (χ2v) is 7.69. The molecule has 0 amide bonds. The van der Waals surface area contributed by atoms with Crippen molar-refractivity contribution >= 4 is 17.2 Å². The Balaban J connectivity index is 1.41. The fraction of sp³-hybridized carbons (Fsp3) is 0.280. The maximum Gasteiger partial charge on any atom is 0.134 e. The third-order valence-corrected chi connectivity index (χ3v) is 5.67. The van der Waals surface area contributed by atoms with Crippen molar-refractivity contribution in [2.45, 2.75) is 12.8 Å². The largest absolute Gasteiger partial charge is 0.378 e. The Labute approximate surface area is 177 Å². The predicted molar refractivity (Wildman–Crippen MR) is 122 cm³/mol. The van der Waals surface area contributed by atoms with Crippen molar-refractivity contribution in [3.63, 3.8) is 0 Å². The van der Waals surface area contributed by atoms with Gasteiger partial charge in [0.25, 0.3) is 0 Å². The van der Waals surface area contributed by atoms with Gasteiger partial charge in [-0.25, -0.2) is 0 Å². The first-order valence-electron chi connectivity index (χ1n) is 10.7. The highest BCUT2D eigenvalue weighted by Crippen LogP contribution is 2.28. The van der Waals surface area contributed by atoms with Crippen LogP contribution in [0.25, 0.3) is 11.1 Å². The topological polar surface area (TPSA) is 49.8 Å². The zero-order chi connectivity index (χ0) is 20.2. The number of anilines is 2. The molecule has 2 aromatic carbocycles. The molecule has 2 aliphatic heterocycles.